The van der Waals surface area contributed by atoms with Crippen LogP contribution in [-0.2, 0) is 6.42 Å². The zero-order valence-electron chi connectivity index (χ0n) is 15.7. The van der Waals surface area contributed by atoms with Crippen molar-refractivity contribution in [2.24, 2.45) is 0 Å². The molecule has 1 N–H and O–H groups in total. The SMILES string of the molecule is CCc1ccc(SNc2cc(C)nn2-c2ncc(C)c3ccccc23)cc1. The van der Waals surface area contributed by atoms with Crippen molar-refractivity contribution in [3.05, 3.63) is 77.6 Å². The largest absolute Gasteiger partial charge is 0.310 e. The molecule has 0 aliphatic heterocycles. The maximum absolute atomic E-state index is 4.68. The molecule has 2 aromatic heterocycles. The zero-order valence-corrected chi connectivity index (χ0v) is 16.5. The summed E-state index contributed by atoms with van der Waals surface area (Å²) < 4.78 is 5.34. The van der Waals surface area contributed by atoms with Crippen LogP contribution >= 0.6 is 11.9 Å². The Hall–Kier alpha value is -2.79. The Morgan fingerprint density at radius 2 is 1.74 bits per heavy atom. The molecule has 5 heteroatoms. The van der Waals surface area contributed by atoms with E-state index in [9.17, 15) is 0 Å². The van der Waals surface area contributed by atoms with E-state index in [0.717, 1.165) is 34.7 Å². The number of benzene rings is 2. The van der Waals surface area contributed by atoms with E-state index in [-0.39, 0.29) is 0 Å². The predicted octanol–water partition coefficient (Wildman–Crippen LogP) is 5.72. The number of nitrogens with zero attached hydrogens (tertiary/aromatic N) is 3. The number of pyridine rings is 1. The van der Waals surface area contributed by atoms with Crippen molar-refractivity contribution in [3.63, 3.8) is 0 Å². The van der Waals surface area contributed by atoms with Crippen molar-refractivity contribution in [3.8, 4) is 5.82 Å². The molecule has 0 atom stereocenters. The molecule has 0 bridgehead atoms. The predicted molar refractivity (Wildman–Crippen MR) is 114 cm³/mol. The van der Waals surface area contributed by atoms with Crippen LogP contribution in [-0.4, -0.2) is 14.8 Å². The zero-order chi connectivity index (χ0) is 18.8. The van der Waals surface area contributed by atoms with Gasteiger partial charge in [0, 0.05) is 22.5 Å². The molecule has 0 aliphatic rings. The quantitative estimate of drug-likeness (QED) is 0.454. The first-order valence-electron chi connectivity index (χ1n) is 9.09. The van der Waals surface area contributed by atoms with Crippen LogP contribution in [0.1, 0.15) is 23.7 Å². The van der Waals surface area contributed by atoms with Crippen LogP contribution in [0.5, 0.6) is 0 Å². The van der Waals surface area contributed by atoms with Gasteiger partial charge >= 0.3 is 0 Å². The van der Waals surface area contributed by atoms with E-state index in [0.29, 0.717) is 0 Å². The number of hydrogen-bond donors (Lipinski definition) is 1. The van der Waals surface area contributed by atoms with Crippen molar-refractivity contribution >= 4 is 28.5 Å². The second kappa shape index (κ2) is 7.45. The molecule has 0 unspecified atom stereocenters. The summed E-state index contributed by atoms with van der Waals surface area (Å²) in [5, 5.41) is 6.98. The highest BCUT2D eigenvalue weighted by molar-refractivity contribution is 8.00. The molecule has 4 nitrogen and oxygen atoms in total. The minimum Gasteiger partial charge on any atom is -0.310 e. The van der Waals surface area contributed by atoms with Gasteiger partial charge in [0.05, 0.1) is 5.69 Å². The van der Waals surface area contributed by atoms with E-state index in [4.69, 9.17) is 0 Å². The third kappa shape index (κ3) is 3.55. The minimum absolute atomic E-state index is 0.841. The molecule has 0 saturated heterocycles. The van der Waals surface area contributed by atoms with Crippen molar-refractivity contribution in [2.75, 3.05) is 4.72 Å². The van der Waals surface area contributed by atoms with Crippen LogP contribution in [0.15, 0.2) is 65.7 Å². The van der Waals surface area contributed by atoms with Crippen molar-refractivity contribution in [1.29, 1.82) is 0 Å². The molecule has 2 heterocycles. The number of aryl methyl sites for hydroxylation is 3. The Balaban J connectivity index is 1.68. The summed E-state index contributed by atoms with van der Waals surface area (Å²) in [6.07, 6.45) is 2.96. The topological polar surface area (TPSA) is 42.7 Å². The lowest BCUT2D eigenvalue weighted by Gasteiger charge is -2.12. The number of nitrogens with one attached hydrogen (secondary N) is 1. The first kappa shape index (κ1) is 17.6. The first-order valence-corrected chi connectivity index (χ1v) is 9.90. The summed E-state index contributed by atoms with van der Waals surface area (Å²) >= 11 is 1.58. The molecule has 0 saturated carbocycles. The van der Waals surface area contributed by atoms with Crippen LogP contribution in [0.4, 0.5) is 5.82 Å². The second-order valence-corrected chi connectivity index (χ2v) is 7.47. The van der Waals surface area contributed by atoms with Gasteiger partial charge in [0.15, 0.2) is 5.82 Å². The normalized spacial score (nSPS) is 11.1. The summed E-state index contributed by atoms with van der Waals surface area (Å²) in [6, 6.07) is 19.0. The molecular weight excluding hydrogens is 352 g/mol. The fourth-order valence-electron chi connectivity index (χ4n) is 3.13. The molecule has 0 fully saturated rings. The lowest BCUT2D eigenvalue weighted by Crippen LogP contribution is -2.05. The Kier molecular flexibility index (Phi) is 4.86. The monoisotopic (exact) mass is 374 g/mol. The summed E-state index contributed by atoms with van der Waals surface area (Å²) in [7, 11) is 0. The minimum atomic E-state index is 0.841. The standard InChI is InChI=1S/C22H22N4S/c1-4-17-9-11-18(12-10-17)27-25-21-13-16(3)24-26(21)22-20-8-6-5-7-19(20)15(2)14-23-22/h5-14,25H,4H2,1-3H3. The Morgan fingerprint density at radius 3 is 2.48 bits per heavy atom. The number of rotatable bonds is 5. The fourth-order valence-corrected chi connectivity index (χ4v) is 3.77. The molecule has 0 amide bonds. The smallest absolute Gasteiger partial charge is 0.163 e. The van der Waals surface area contributed by atoms with Gasteiger partial charge in [0.2, 0.25) is 0 Å². The molecule has 4 rings (SSSR count). The maximum Gasteiger partial charge on any atom is 0.163 e. The van der Waals surface area contributed by atoms with Gasteiger partial charge in [-0.05, 0) is 60.9 Å². The summed E-state index contributed by atoms with van der Waals surface area (Å²) in [5.74, 6) is 1.76. The average Bonchev–Trinajstić information content (AvgIpc) is 3.07. The van der Waals surface area contributed by atoms with Gasteiger partial charge in [0.25, 0.3) is 0 Å². The first-order chi connectivity index (χ1) is 13.2. The van der Waals surface area contributed by atoms with Crippen molar-refractivity contribution < 1.29 is 0 Å². The Labute approximate surface area is 163 Å². The van der Waals surface area contributed by atoms with Crippen LogP contribution < -0.4 is 4.72 Å². The van der Waals surface area contributed by atoms with Crippen LogP contribution in [0.3, 0.4) is 0 Å². The molecule has 4 aromatic rings. The van der Waals surface area contributed by atoms with Gasteiger partial charge in [-0.2, -0.15) is 9.78 Å². The second-order valence-electron chi connectivity index (χ2n) is 6.59. The summed E-state index contributed by atoms with van der Waals surface area (Å²) in [6.45, 7) is 6.25. The third-order valence-electron chi connectivity index (χ3n) is 4.61. The van der Waals surface area contributed by atoms with E-state index in [1.54, 1.807) is 11.9 Å². The van der Waals surface area contributed by atoms with Crippen molar-refractivity contribution in [1.82, 2.24) is 14.8 Å². The lowest BCUT2D eigenvalue weighted by atomic mass is 10.1. The van der Waals surface area contributed by atoms with E-state index in [2.05, 4.69) is 71.1 Å². The van der Waals surface area contributed by atoms with Gasteiger partial charge in [-0.25, -0.2) is 4.98 Å². The highest BCUT2D eigenvalue weighted by Crippen LogP contribution is 2.28. The summed E-state index contributed by atoms with van der Waals surface area (Å²) in [5.41, 5.74) is 3.46. The maximum atomic E-state index is 4.68. The molecule has 136 valence electrons. The lowest BCUT2D eigenvalue weighted by molar-refractivity contribution is 0.849. The molecule has 27 heavy (non-hydrogen) atoms. The van der Waals surface area contributed by atoms with Crippen LogP contribution in [0.2, 0.25) is 0 Å². The highest BCUT2D eigenvalue weighted by Gasteiger charge is 2.13. The Bertz CT molecular complexity index is 1080. The third-order valence-corrected chi connectivity index (χ3v) is 5.43. The van der Waals surface area contributed by atoms with E-state index >= 15 is 0 Å². The van der Waals surface area contributed by atoms with Gasteiger partial charge in [-0.1, -0.05) is 43.3 Å². The van der Waals surface area contributed by atoms with Gasteiger partial charge in [-0.15, -0.1) is 0 Å². The van der Waals surface area contributed by atoms with Gasteiger partial charge in [0.1, 0.15) is 5.82 Å². The molecule has 2 aromatic carbocycles. The summed E-state index contributed by atoms with van der Waals surface area (Å²) in [4.78, 5) is 5.85. The molecular formula is C22H22N4S. The average molecular weight is 375 g/mol. The van der Waals surface area contributed by atoms with E-state index < -0.39 is 0 Å². The van der Waals surface area contributed by atoms with Crippen LogP contribution in [0, 0.1) is 13.8 Å². The van der Waals surface area contributed by atoms with Crippen molar-refractivity contribution in [2.45, 2.75) is 32.1 Å². The van der Waals surface area contributed by atoms with E-state index in [1.807, 2.05) is 29.9 Å². The van der Waals surface area contributed by atoms with Gasteiger partial charge < -0.3 is 4.72 Å². The molecule has 0 aliphatic carbocycles. The van der Waals surface area contributed by atoms with Gasteiger partial charge in [-0.3, -0.25) is 0 Å². The van der Waals surface area contributed by atoms with Crippen LogP contribution in [0.25, 0.3) is 16.6 Å². The molecule has 0 radical (unpaired) electrons. The highest BCUT2D eigenvalue weighted by atomic mass is 32.2. The number of aromatic nitrogens is 3. The van der Waals surface area contributed by atoms with E-state index in [1.165, 1.54) is 15.8 Å². The molecule has 0 spiro atoms. The number of fused-ring (bicyclic) bond motifs is 1. The number of hydrogen-bond acceptors (Lipinski definition) is 4. The Morgan fingerprint density at radius 1 is 1.00 bits per heavy atom. The fraction of sp³-hybridized carbons (Fsp3) is 0.182. The number of anilines is 1.